The number of para-hydroxylation sites is 1. The molecule has 0 fully saturated rings. The number of ether oxygens (including phenoxy) is 1. The summed E-state index contributed by atoms with van der Waals surface area (Å²) in [5.74, 6) is 0.406. The second kappa shape index (κ2) is 6.40. The van der Waals surface area contributed by atoms with Crippen LogP contribution in [0.3, 0.4) is 0 Å². The van der Waals surface area contributed by atoms with E-state index in [2.05, 4.69) is 27.9 Å². The quantitative estimate of drug-likeness (QED) is 0.429. The molecule has 4 rings (SSSR count). The van der Waals surface area contributed by atoms with Gasteiger partial charge in [0.2, 0.25) is 0 Å². The van der Waals surface area contributed by atoms with E-state index < -0.39 is 0 Å². The van der Waals surface area contributed by atoms with Gasteiger partial charge in [-0.15, -0.1) is 0 Å². The predicted molar refractivity (Wildman–Crippen MR) is 107 cm³/mol. The number of rotatable bonds is 3. The molecule has 5 heteroatoms. The zero-order valence-corrected chi connectivity index (χ0v) is 15.5. The zero-order chi connectivity index (χ0) is 17.4. The van der Waals surface area contributed by atoms with Crippen LogP contribution in [0.4, 0.5) is 5.69 Å². The molecule has 0 aliphatic rings. The van der Waals surface area contributed by atoms with Crippen LogP contribution in [-0.4, -0.2) is 13.0 Å². The maximum atomic E-state index is 12.5. The monoisotopic (exact) mass is 443 g/mol. The Balaban J connectivity index is 1.76. The molecule has 1 aromatic heterocycles. The molecule has 0 saturated heterocycles. The van der Waals surface area contributed by atoms with Crippen molar-refractivity contribution in [1.82, 2.24) is 0 Å². The molecule has 0 saturated carbocycles. The van der Waals surface area contributed by atoms with Gasteiger partial charge in [0, 0.05) is 26.0 Å². The van der Waals surface area contributed by atoms with Crippen molar-refractivity contribution in [3.63, 3.8) is 0 Å². The van der Waals surface area contributed by atoms with Gasteiger partial charge < -0.3 is 14.5 Å². The van der Waals surface area contributed by atoms with Gasteiger partial charge >= 0.3 is 0 Å². The fraction of sp³-hybridized carbons (Fsp3) is 0.0500. The number of carbonyl (C=O) groups is 1. The van der Waals surface area contributed by atoms with Crippen LogP contribution in [0.1, 0.15) is 10.4 Å². The highest BCUT2D eigenvalue weighted by Crippen LogP contribution is 2.36. The van der Waals surface area contributed by atoms with E-state index in [-0.39, 0.29) is 5.91 Å². The van der Waals surface area contributed by atoms with Gasteiger partial charge in [-0.25, -0.2) is 0 Å². The summed E-state index contributed by atoms with van der Waals surface area (Å²) in [5.41, 5.74) is 2.69. The zero-order valence-electron chi connectivity index (χ0n) is 13.4. The lowest BCUT2D eigenvalue weighted by Gasteiger charge is -2.10. The molecular weight excluding hydrogens is 429 g/mol. The van der Waals surface area contributed by atoms with Gasteiger partial charge in [0.05, 0.1) is 12.8 Å². The van der Waals surface area contributed by atoms with E-state index in [1.807, 2.05) is 42.5 Å². The molecule has 0 aliphatic carbocycles. The highest BCUT2D eigenvalue weighted by molar-refractivity contribution is 14.1. The highest BCUT2D eigenvalue weighted by atomic mass is 127. The first-order valence-corrected chi connectivity index (χ1v) is 8.80. The van der Waals surface area contributed by atoms with Gasteiger partial charge in [0.15, 0.2) is 0 Å². The summed E-state index contributed by atoms with van der Waals surface area (Å²) >= 11 is 2.21. The molecule has 124 valence electrons. The minimum Gasteiger partial charge on any atom is -0.495 e. The molecular formula is C20H14INO3. The van der Waals surface area contributed by atoms with Gasteiger partial charge in [0.25, 0.3) is 5.91 Å². The number of amides is 1. The van der Waals surface area contributed by atoms with E-state index in [1.165, 1.54) is 0 Å². The Kier molecular flexibility index (Phi) is 4.09. The van der Waals surface area contributed by atoms with E-state index >= 15 is 0 Å². The molecule has 0 atom stereocenters. The fourth-order valence-electron chi connectivity index (χ4n) is 2.81. The minimum atomic E-state index is -0.190. The highest BCUT2D eigenvalue weighted by Gasteiger charge is 2.14. The molecule has 0 radical (unpaired) electrons. The van der Waals surface area contributed by atoms with Gasteiger partial charge in [0.1, 0.15) is 16.9 Å². The standard InChI is InChI=1S/C20H14INO3/c1-24-19-10-15-14-4-2-3-5-17(14)25-18(15)11-16(19)22-20(23)12-6-8-13(21)9-7-12/h2-11H,1H3,(H,22,23). The molecule has 25 heavy (non-hydrogen) atoms. The maximum absolute atomic E-state index is 12.5. The van der Waals surface area contributed by atoms with Gasteiger partial charge in [-0.3, -0.25) is 4.79 Å². The molecule has 1 N–H and O–H groups in total. The number of fused-ring (bicyclic) bond motifs is 3. The van der Waals surface area contributed by atoms with Crippen LogP contribution in [0.25, 0.3) is 21.9 Å². The fourth-order valence-corrected chi connectivity index (χ4v) is 3.17. The van der Waals surface area contributed by atoms with Crippen LogP contribution in [0, 0.1) is 3.57 Å². The molecule has 0 unspecified atom stereocenters. The Morgan fingerprint density at radius 1 is 1.00 bits per heavy atom. The number of hydrogen-bond donors (Lipinski definition) is 1. The molecule has 0 spiro atoms. The Bertz CT molecular complexity index is 1080. The number of furan rings is 1. The van der Waals surface area contributed by atoms with Gasteiger partial charge in [-0.05, 0) is 59.0 Å². The van der Waals surface area contributed by atoms with Crippen molar-refractivity contribution in [3.05, 3.63) is 69.8 Å². The number of hydrogen-bond acceptors (Lipinski definition) is 3. The van der Waals surface area contributed by atoms with E-state index in [4.69, 9.17) is 9.15 Å². The molecule has 4 aromatic rings. The molecule has 3 aromatic carbocycles. The SMILES string of the molecule is COc1cc2c(cc1NC(=O)c1ccc(I)cc1)oc1ccccc12. The molecule has 0 aliphatic heterocycles. The first kappa shape index (κ1) is 16.0. The summed E-state index contributed by atoms with van der Waals surface area (Å²) in [4.78, 5) is 12.5. The third-order valence-electron chi connectivity index (χ3n) is 4.05. The Hall–Kier alpha value is -2.54. The van der Waals surface area contributed by atoms with Crippen molar-refractivity contribution in [1.29, 1.82) is 0 Å². The Labute approximate surface area is 157 Å². The van der Waals surface area contributed by atoms with Crippen molar-refractivity contribution in [3.8, 4) is 5.75 Å². The lowest BCUT2D eigenvalue weighted by atomic mass is 10.1. The third kappa shape index (κ3) is 2.95. The van der Waals surface area contributed by atoms with E-state index in [9.17, 15) is 4.79 Å². The third-order valence-corrected chi connectivity index (χ3v) is 4.77. The van der Waals surface area contributed by atoms with Crippen molar-refractivity contribution in [2.45, 2.75) is 0 Å². The van der Waals surface area contributed by atoms with Crippen LogP contribution in [0.5, 0.6) is 5.75 Å². The normalized spacial score (nSPS) is 11.0. The number of anilines is 1. The first-order chi connectivity index (χ1) is 12.2. The summed E-state index contributed by atoms with van der Waals surface area (Å²) in [6, 6.07) is 18.9. The number of halogens is 1. The van der Waals surface area contributed by atoms with E-state index in [1.54, 1.807) is 25.3 Å². The lowest BCUT2D eigenvalue weighted by molar-refractivity contribution is 0.102. The Morgan fingerprint density at radius 2 is 1.76 bits per heavy atom. The second-order valence-corrected chi connectivity index (χ2v) is 6.85. The van der Waals surface area contributed by atoms with Gasteiger partial charge in [-0.1, -0.05) is 18.2 Å². The number of carbonyl (C=O) groups excluding carboxylic acids is 1. The predicted octanol–water partition coefficient (Wildman–Crippen LogP) is 5.45. The average molecular weight is 443 g/mol. The largest absolute Gasteiger partial charge is 0.495 e. The van der Waals surface area contributed by atoms with Crippen LogP contribution >= 0.6 is 22.6 Å². The average Bonchev–Trinajstić information content (AvgIpc) is 2.99. The summed E-state index contributed by atoms with van der Waals surface area (Å²) in [6.07, 6.45) is 0. The van der Waals surface area contributed by atoms with Crippen molar-refractivity contribution >= 4 is 56.1 Å². The van der Waals surface area contributed by atoms with Crippen LogP contribution in [-0.2, 0) is 0 Å². The number of benzene rings is 3. The summed E-state index contributed by atoms with van der Waals surface area (Å²) in [7, 11) is 1.59. The van der Waals surface area contributed by atoms with E-state index in [0.29, 0.717) is 22.6 Å². The number of methoxy groups -OCH3 is 1. The summed E-state index contributed by atoms with van der Waals surface area (Å²) < 4.78 is 12.4. The van der Waals surface area contributed by atoms with Crippen LogP contribution in [0.2, 0.25) is 0 Å². The first-order valence-electron chi connectivity index (χ1n) is 7.72. The van der Waals surface area contributed by atoms with Crippen LogP contribution < -0.4 is 10.1 Å². The molecule has 0 bridgehead atoms. The Morgan fingerprint density at radius 3 is 2.52 bits per heavy atom. The maximum Gasteiger partial charge on any atom is 0.255 e. The number of nitrogens with one attached hydrogen (secondary N) is 1. The molecule has 4 nitrogen and oxygen atoms in total. The van der Waals surface area contributed by atoms with Crippen molar-refractivity contribution in [2.24, 2.45) is 0 Å². The lowest BCUT2D eigenvalue weighted by Crippen LogP contribution is -2.12. The summed E-state index contributed by atoms with van der Waals surface area (Å²) in [5, 5.41) is 4.89. The minimum absolute atomic E-state index is 0.190. The van der Waals surface area contributed by atoms with Crippen molar-refractivity contribution < 1.29 is 13.9 Å². The summed E-state index contributed by atoms with van der Waals surface area (Å²) in [6.45, 7) is 0. The smallest absolute Gasteiger partial charge is 0.255 e. The van der Waals surface area contributed by atoms with Gasteiger partial charge in [-0.2, -0.15) is 0 Å². The molecule has 1 heterocycles. The second-order valence-electron chi connectivity index (χ2n) is 5.61. The van der Waals surface area contributed by atoms with E-state index in [0.717, 1.165) is 19.9 Å². The van der Waals surface area contributed by atoms with Crippen LogP contribution in [0.15, 0.2) is 65.1 Å². The van der Waals surface area contributed by atoms with Crippen molar-refractivity contribution in [2.75, 3.05) is 12.4 Å². The molecule has 1 amide bonds. The topological polar surface area (TPSA) is 51.5 Å².